The Balaban J connectivity index is 2.24. The van der Waals surface area contributed by atoms with Crippen LogP contribution in [0.1, 0.15) is 18.1 Å². The molecule has 0 aliphatic rings. The van der Waals surface area contributed by atoms with Gasteiger partial charge < -0.3 is 0 Å². The number of nitro benzene ring substituents is 1. The number of hydrazone groups is 1. The van der Waals surface area contributed by atoms with Gasteiger partial charge in [-0.1, -0.05) is 11.6 Å². The minimum absolute atomic E-state index is 0.146. The maximum atomic E-state index is 13.0. The topological polar surface area (TPSA) is 122 Å². The summed E-state index contributed by atoms with van der Waals surface area (Å²) in [6.45, 7) is 0.594. The standard InChI is InChI=1S/C18H16ClF3N4O5S/c1-11(12-3-6-14(7-4-12)26(28)29)23-24-17(27)10-25(32(2,30)31)16-9-13(18(20,21)22)5-8-15(16)19/h3-9H,10H2,1-2H3,(H,24,27)/b23-11-. The third kappa shape index (κ3) is 6.40. The van der Waals surface area contributed by atoms with Gasteiger partial charge in [0, 0.05) is 12.1 Å². The summed E-state index contributed by atoms with van der Waals surface area (Å²) in [6, 6.07) is 7.36. The number of benzene rings is 2. The van der Waals surface area contributed by atoms with Crippen LogP contribution in [-0.4, -0.2) is 37.8 Å². The number of hydrogen-bond donors (Lipinski definition) is 1. The third-order valence-electron chi connectivity index (χ3n) is 4.07. The monoisotopic (exact) mass is 492 g/mol. The highest BCUT2D eigenvalue weighted by molar-refractivity contribution is 7.92. The number of anilines is 1. The Labute approximate surface area is 185 Å². The smallest absolute Gasteiger partial charge is 0.271 e. The van der Waals surface area contributed by atoms with E-state index in [1.54, 1.807) is 0 Å². The summed E-state index contributed by atoms with van der Waals surface area (Å²) in [4.78, 5) is 22.4. The van der Waals surface area contributed by atoms with Crippen molar-refractivity contribution in [3.63, 3.8) is 0 Å². The fraction of sp³-hybridized carbons (Fsp3) is 0.222. The molecule has 0 saturated heterocycles. The SMILES string of the molecule is C/C(=N/NC(=O)CN(c1cc(C(F)(F)F)ccc1Cl)S(C)(=O)=O)c1ccc([N+](=O)[O-])cc1. The molecule has 172 valence electrons. The summed E-state index contributed by atoms with van der Waals surface area (Å²) in [7, 11) is -4.19. The van der Waals surface area contributed by atoms with Crippen molar-refractivity contribution in [1.29, 1.82) is 0 Å². The van der Waals surface area contributed by atoms with Gasteiger partial charge in [0.2, 0.25) is 10.0 Å². The number of nitrogens with zero attached hydrogens (tertiary/aromatic N) is 3. The Kier molecular flexibility index (Phi) is 7.46. The number of alkyl halides is 3. The van der Waals surface area contributed by atoms with Crippen LogP contribution in [0.15, 0.2) is 47.6 Å². The van der Waals surface area contributed by atoms with Crippen LogP contribution in [0.4, 0.5) is 24.5 Å². The predicted octanol–water partition coefficient (Wildman–Crippen LogP) is 3.57. The van der Waals surface area contributed by atoms with Gasteiger partial charge in [-0.15, -0.1) is 0 Å². The Morgan fingerprint density at radius 3 is 2.31 bits per heavy atom. The molecule has 0 atom stereocenters. The summed E-state index contributed by atoms with van der Waals surface area (Å²) in [6.07, 6.45) is -4.04. The summed E-state index contributed by atoms with van der Waals surface area (Å²) < 4.78 is 63.8. The number of carbonyl (C=O) groups is 1. The molecule has 2 rings (SSSR count). The van der Waals surface area contributed by atoms with E-state index >= 15 is 0 Å². The number of carbonyl (C=O) groups excluding carboxylic acids is 1. The van der Waals surface area contributed by atoms with E-state index < -0.39 is 44.8 Å². The fourth-order valence-electron chi connectivity index (χ4n) is 2.46. The van der Waals surface area contributed by atoms with Gasteiger partial charge in [0.1, 0.15) is 6.54 Å². The van der Waals surface area contributed by atoms with E-state index in [1.807, 2.05) is 0 Å². The molecule has 0 aliphatic carbocycles. The first-order valence-electron chi connectivity index (χ1n) is 8.62. The predicted molar refractivity (Wildman–Crippen MR) is 112 cm³/mol. The van der Waals surface area contributed by atoms with Crippen LogP contribution in [0.3, 0.4) is 0 Å². The second kappa shape index (κ2) is 9.53. The maximum absolute atomic E-state index is 13.0. The number of non-ortho nitro benzene ring substituents is 1. The van der Waals surface area contributed by atoms with Crippen LogP contribution < -0.4 is 9.73 Å². The van der Waals surface area contributed by atoms with E-state index in [0.717, 1.165) is 6.07 Å². The van der Waals surface area contributed by atoms with Crippen molar-refractivity contribution >= 4 is 44.6 Å². The second-order valence-electron chi connectivity index (χ2n) is 6.47. The van der Waals surface area contributed by atoms with Gasteiger partial charge in [-0.05, 0) is 42.8 Å². The molecule has 2 aromatic carbocycles. The first-order chi connectivity index (χ1) is 14.7. The molecular formula is C18H16ClF3N4O5S. The van der Waals surface area contributed by atoms with Gasteiger partial charge in [-0.25, -0.2) is 13.8 Å². The van der Waals surface area contributed by atoms with E-state index in [9.17, 15) is 36.5 Å². The average Bonchev–Trinajstić information content (AvgIpc) is 2.69. The maximum Gasteiger partial charge on any atom is 0.416 e. The Hall–Kier alpha value is -3.19. The van der Waals surface area contributed by atoms with Gasteiger partial charge in [0.15, 0.2) is 0 Å². The van der Waals surface area contributed by atoms with Crippen molar-refractivity contribution in [2.24, 2.45) is 5.10 Å². The van der Waals surface area contributed by atoms with Crippen molar-refractivity contribution in [2.45, 2.75) is 13.1 Å². The third-order valence-corrected chi connectivity index (χ3v) is 5.52. The lowest BCUT2D eigenvalue weighted by atomic mass is 10.1. The van der Waals surface area contributed by atoms with Crippen LogP contribution >= 0.6 is 11.6 Å². The molecule has 9 nitrogen and oxygen atoms in total. The number of hydrogen-bond acceptors (Lipinski definition) is 6. The summed E-state index contributed by atoms with van der Waals surface area (Å²) in [5.74, 6) is -0.954. The largest absolute Gasteiger partial charge is 0.416 e. The number of sulfonamides is 1. The van der Waals surface area contributed by atoms with E-state index in [-0.39, 0.29) is 16.4 Å². The normalized spacial score (nSPS) is 12.4. The van der Waals surface area contributed by atoms with Crippen molar-refractivity contribution in [2.75, 3.05) is 17.1 Å². The van der Waals surface area contributed by atoms with E-state index in [4.69, 9.17) is 11.6 Å². The molecule has 14 heteroatoms. The van der Waals surface area contributed by atoms with Crippen LogP contribution in [0, 0.1) is 10.1 Å². The van der Waals surface area contributed by atoms with E-state index in [2.05, 4.69) is 10.5 Å². The molecule has 0 bridgehead atoms. The first-order valence-corrected chi connectivity index (χ1v) is 10.8. The van der Waals surface area contributed by atoms with Crippen molar-refractivity contribution in [1.82, 2.24) is 5.43 Å². The van der Waals surface area contributed by atoms with Crippen molar-refractivity contribution < 1.29 is 31.3 Å². The molecule has 0 aromatic heterocycles. The highest BCUT2D eigenvalue weighted by Crippen LogP contribution is 2.36. The Morgan fingerprint density at radius 1 is 1.22 bits per heavy atom. The van der Waals surface area contributed by atoms with Crippen molar-refractivity contribution in [3.8, 4) is 0 Å². The van der Waals surface area contributed by atoms with Gasteiger partial charge >= 0.3 is 6.18 Å². The number of rotatable bonds is 7. The molecule has 0 aliphatic heterocycles. The van der Waals surface area contributed by atoms with Gasteiger partial charge in [-0.2, -0.15) is 18.3 Å². The number of amides is 1. The Morgan fingerprint density at radius 2 is 1.81 bits per heavy atom. The molecule has 0 heterocycles. The highest BCUT2D eigenvalue weighted by atomic mass is 35.5. The zero-order chi connectivity index (χ0) is 24.3. The molecule has 0 unspecified atom stereocenters. The minimum Gasteiger partial charge on any atom is -0.271 e. The van der Waals surface area contributed by atoms with Gasteiger partial charge in [0.05, 0.1) is 33.2 Å². The number of halogens is 4. The lowest BCUT2D eigenvalue weighted by Crippen LogP contribution is -2.39. The molecule has 1 N–H and O–H groups in total. The van der Waals surface area contributed by atoms with E-state index in [1.165, 1.54) is 31.2 Å². The van der Waals surface area contributed by atoms with Gasteiger partial charge in [-0.3, -0.25) is 19.2 Å². The number of nitrogens with one attached hydrogen (secondary N) is 1. The molecule has 0 saturated carbocycles. The second-order valence-corrected chi connectivity index (χ2v) is 8.78. The molecular weight excluding hydrogens is 477 g/mol. The van der Waals surface area contributed by atoms with Gasteiger partial charge in [0.25, 0.3) is 11.6 Å². The van der Waals surface area contributed by atoms with E-state index in [0.29, 0.717) is 28.3 Å². The quantitative estimate of drug-likeness (QED) is 0.359. The average molecular weight is 493 g/mol. The lowest BCUT2D eigenvalue weighted by Gasteiger charge is -2.23. The highest BCUT2D eigenvalue weighted by Gasteiger charge is 2.33. The molecule has 32 heavy (non-hydrogen) atoms. The van der Waals surface area contributed by atoms with Crippen LogP contribution in [0.5, 0.6) is 0 Å². The summed E-state index contributed by atoms with van der Waals surface area (Å²) >= 11 is 5.89. The zero-order valence-electron chi connectivity index (χ0n) is 16.6. The summed E-state index contributed by atoms with van der Waals surface area (Å²) in [5.41, 5.74) is 0.982. The Bertz CT molecular complexity index is 1170. The fourth-order valence-corrected chi connectivity index (χ4v) is 3.59. The molecule has 2 aromatic rings. The molecule has 0 radical (unpaired) electrons. The molecule has 0 spiro atoms. The molecule has 1 amide bonds. The van der Waals surface area contributed by atoms with Crippen LogP contribution in [-0.2, 0) is 21.0 Å². The van der Waals surface area contributed by atoms with Crippen LogP contribution in [0.2, 0.25) is 5.02 Å². The number of nitro groups is 1. The minimum atomic E-state index is -4.75. The lowest BCUT2D eigenvalue weighted by molar-refractivity contribution is -0.384. The van der Waals surface area contributed by atoms with Crippen LogP contribution in [0.25, 0.3) is 0 Å². The van der Waals surface area contributed by atoms with Crippen molar-refractivity contribution in [3.05, 3.63) is 68.7 Å². The summed E-state index contributed by atoms with van der Waals surface area (Å²) in [5, 5.41) is 14.2. The zero-order valence-corrected chi connectivity index (χ0v) is 18.1. The first kappa shape index (κ1) is 25.1. The molecule has 0 fully saturated rings.